The third kappa shape index (κ3) is 10.4. The van der Waals surface area contributed by atoms with Crippen LogP contribution in [0.25, 0.3) is 0 Å². The van der Waals surface area contributed by atoms with Gasteiger partial charge in [0.25, 0.3) is 0 Å². The summed E-state index contributed by atoms with van der Waals surface area (Å²) in [6, 6.07) is 0. The van der Waals surface area contributed by atoms with Gasteiger partial charge in [-0.3, -0.25) is 0 Å². The SMILES string of the molecule is CC1O[C@@H]2O[C@@H]3C(CO)O[C@H](OC4C(CO)O[C@H](O[C@@H]5C(CO)O[C@H](O[C@@H]6C(CO)O[C@H](O[C@@H]7C(CO)O[C@H](O[C@H]1CC2OS)C(O)C7O)C(O)C6O)C(O)C5O)C(O)C4O)C(O)C3O. The molecule has 0 aromatic heterocycles. The van der Waals surface area contributed by atoms with E-state index in [0.29, 0.717) is 0 Å². The van der Waals surface area contributed by atoms with Crippen LogP contribution in [0.1, 0.15) is 13.3 Å². The lowest BCUT2D eigenvalue weighted by molar-refractivity contribution is -0.399. The average Bonchev–Trinajstić information content (AvgIpc) is 3.30. The molecule has 18 unspecified atom stereocenters. The summed E-state index contributed by atoms with van der Waals surface area (Å²) in [6.07, 6.45) is -50.7. The van der Waals surface area contributed by atoms with Crippen LogP contribution in [0.5, 0.6) is 0 Å². The molecule has 0 aromatic carbocycles. The maximum atomic E-state index is 11.3. The van der Waals surface area contributed by atoms with E-state index in [1.165, 1.54) is 6.92 Å². The van der Waals surface area contributed by atoms with Crippen molar-refractivity contribution in [2.45, 2.75) is 191 Å². The quantitative estimate of drug-likeness (QED) is 0.0868. The van der Waals surface area contributed by atoms with Gasteiger partial charge in [0.05, 0.1) is 45.2 Å². The molecule has 22 saturated heterocycles. The van der Waals surface area contributed by atoms with Gasteiger partial charge in [-0.05, 0) is 19.8 Å². The second-order valence-corrected chi connectivity index (χ2v) is 17.0. The standard InChI is InChI=1S/C36H60O28S/c1-8-9-2-10(64-65)31(52-8)59-26-11(3-37)55-33(22(48)17(26)43)61-28-13(5-39)57-35(24(50)19(28)45)63-30-15(7-41)58-36(25(51)20(30)46)62-29-14(6-40)56-34(23(49)18(29)44)60-27-12(4-38)54-32(53-9)21(47)16(27)42/h8-51,65H,2-7H2,1H3/t8?,9-,10?,11?,12?,13?,14?,15?,16?,17?,18?,19?,20?,21?,22?,23?,24?,25?,26+,27+,28?,29+,30+,31+,32-,33+,34+,35+,36+/m0/s1. The van der Waals surface area contributed by atoms with E-state index >= 15 is 0 Å². The van der Waals surface area contributed by atoms with Crippen LogP contribution in [0.15, 0.2) is 0 Å². The van der Waals surface area contributed by atoms with E-state index in [1.54, 1.807) is 0 Å². The summed E-state index contributed by atoms with van der Waals surface area (Å²) in [5.41, 5.74) is 0. The molecule has 0 radical (unpaired) electrons. The number of hydrogen-bond acceptors (Lipinski definition) is 29. The van der Waals surface area contributed by atoms with Crippen LogP contribution in [0.4, 0.5) is 0 Å². The van der Waals surface area contributed by atoms with Gasteiger partial charge in [0.2, 0.25) is 0 Å². The molecule has 29 atom stereocenters. The van der Waals surface area contributed by atoms with Gasteiger partial charge < -0.3 is 138 Å². The number of aliphatic hydroxyl groups excluding tert-OH is 15. The van der Waals surface area contributed by atoms with Crippen LogP contribution in [0.2, 0.25) is 0 Å². The summed E-state index contributed by atoms with van der Waals surface area (Å²) in [6.45, 7) is -3.08. The monoisotopic (exact) mass is 972 g/mol. The van der Waals surface area contributed by atoms with Gasteiger partial charge in [-0.25, -0.2) is 0 Å². The number of aliphatic hydroxyl groups is 15. The first-order valence-electron chi connectivity index (χ1n) is 21.0. The predicted octanol–water partition coefficient (Wildman–Crippen LogP) is -10.1. The van der Waals surface area contributed by atoms with Crippen LogP contribution in [0.3, 0.4) is 0 Å². The maximum Gasteiger partial charge on any atom is 0.187 e. The van der Waals surface area contributed by atoms with Crippen LogP contribution in [-0.4, -0.2) is 288 Å². The molecule has 12 bridgehead atoms. The molecule has 0 aliphatic carbocycles. The Labute approximate surface area is 374 Å². The molecular formula is C36H60O28S. The van der Waals surface area contributed by atoms with Crippen LogP contribution < -0.4 is 0 Å². The number of rotatable bonds is 6. The zero-order chi connectivity index (χ0) is 47.2. The molecule has 0 spiro atoms. The van der Waals surface area contributed by atoms with Gasteiger partial charge in [-0.2, -0.15) is 0 Å². The second-order valence-electron chi connectivity index (χ2n) is 16.8. The summed E-state index contributed by atoms with van der Waals surface area (Å²) in [5, 5.41) is 164. The highest BCUT2D eigenvalue weighted by molar-refractivity contribution is 7.75. The van der Waals surface area contributed by atoms with Crippen molar-refractivity contribution in [1.29, 1.82) is 0 Å². The first kappa shape index (κ1) is 52.1. The van der Waals surface area contributed by atoms with E-state index in [-0.39, 0.29) is 6.42 Å². The fraction of sp³-hybridized carbons (Fsp3) is 1.00. The third-order valence-corrected chi connectivity index (χ3v) is 12.9. The number of ether oxygens (including phenoxy) is 12. The average molecular weight is 973 g/mol. The summed E-state index contributed by atoms with van der Waals surface area (Å²) < 4.78 is 74.7. The zero-order valence-corrected chi connectivity index (χ0v) is 35.3. The van der Waals surface area contributed by atoms with Crippen molar-refractivity contribution >= 4 is 12.9 Å². The zero-order valence-electron chi connectivity index (χ0n) is 34.4. The van der Waals surface area contributed by atoms with Crippen molar-refractivity contribution in [3.05, 3.63) is 0 Å². The molecule has 0 saturated carbocycles. The predicted molar refractivity (Wildman–Crippen MR) is 201 cm³/mol. The lowest BCUT2D eigenvalue weighted by atomic mass is 9.95. The third-order valence-electron chi connectivity index (χ3n) is 12.6. The Morgan fingerprint density at radius 2 is 0.600 bits per heavy atom. The summed E-state index contributed by atoms with van der Waals surface area (Å²) >= 11 is 3.92. The molecule has 28 nitrogen and oxygen atoms in total. The Balaban J connectivity index is 1.18. The van der Waals surface area contributed by atoms with Gasteiger partial charge >= 0.3 is 0 Å². The maximum absolute atomic E-state index is 11.3. The molecule has 0 amide bonds. The lowest BCUT2D eigenvalue weighted by Gasteiger charge is -2.50. The van der Waals surface area contributed by atoms with Gasteiger partial charge in [-0.15, -0.1) is 0 Å². The first-order chi connectivity index (χ1) is 31.0. The number of hydrogen-bond donors (Lipinski definition) is 16. The highest BCUT2D eigenvalue weighted by atomic mass is 32.1. The van der Waals surface area contributed by atoms with Crippen molar-refractivity contribution in [2.24, 2.45) is 0 Å². The van der Waals surface area contributed by atoms with E-state index in [9.17, 15) is 76.6 Å². The fourth-order valence-electron chi connectivity index (χ4n) is 8.91. The van der Waals surface area contributed by atoms with Crippen LogP contribution >= 0.6 is 12.9 Å². The molecular weight excluding hydrogens is 912 g/mol. The molecule has 22 aliphatic heterocycles. The largest absolute Gasteiger partial charge is 0.394 e. The summed E-state index contributed by atoms with van der Waals surface area (Å²) in [7, 11) is 0. The minimum Gasteiger partial charge on any atom is -0.394 e. The van der Waals surface area contributed by atoms with Gasteiger partial charge in [0.1, 0.15) is 128 Å². The van der Waals surface area contributed by atoms with E-state index in [2.05, 4.69) is 12.9 Å². The molecule has 378 valence electrons. The van der Waals surface area contributed by atoms with Crippen molar-refractivity contribution in [3.63, 3.8) is 0 Å². The Morgan fingerprint density at radius 3 is 0.846 bits per heavy atom. The lowest BCUT2D eigenvalue weighted by Crippen LogP contribution is -2.68. The molecule has 22 fully saturated rings. The summed E-state index contributed by atoms with van der Waals surface area (Å²) in [4.78, 5) is 0. The highest BCUT2D eigenvalue weighted by Crippen LogP contribution is 2.38. The van der Waals surface area contributed by atoms with Gasteiger partial charge in [-0.1, -0.05) is 0 Å². The summed E-state index contributed by atoms with van der Waals surface area (Å²) in [5.74, 6) is 0. The molecule has 29 heteroatoms. The van der Waals surface area contributed by atoms with Crippen molar-refractivity contribution < 1.29 is 138 Å². The molecule has 0 aromatic rings. The Hall–Kier alpha value is -0.770. The van der Waals surface area contributed by atoms with E-state index in [4.69, 9.17) is 61.0 Å². The van der Waals surface area contributed by atoms with Gasteiger partial charge in [0.15, 0.2) is 37.7 Å². The normalized spacial score (nSPS) is 54.9. The molecule has 22 rings (SSSR count). The Bertz CT molecular complexity index is 1490. The van der Waals surface area contributed by atoms with Crippen molar-refractivity contribution in [1.82, 2.24) is 0 Å². The van der Waals surface area contributed by atoms with Crippen molar-refractivity contribution in [2.75, 3.05) is 33.0 Å². The molecule has 22 heterocycles. The topological polar surface area (TPSA) is 423 Å². The van der Waals surface area contributed by atoms with Crippen molar-refractivity contribution in [3.8, 4) is 0 Å². The van der Waals surface area contributed by atoms with E-state index in [1.807, 2.05) is 0 Å². The molecule has 15 N–H and O–H groups in total. The van der Waals surface area contributed by atoms with E-state index < -0.39 is 211 Å². The second kappa shape index (κ2) is 22.1. The Kier molecular flexibility index (Phi) is 17.7. The minimum absolute atomic E-state index is 0.131. The van der Waals surface area contributed by atoms with Crippen LogP contribution in [0, 0.1) is 0 Å². The minimum atomic E-state index is -2.11. The van der Waals surface area contributed by atoms with Crippen LogP contribution in [-0.2, 0) is 61.0 Å². The highest BCUT2D eigenvalue weighted by Gasteiger charge is 2.57. The Morgan fingerprint density at radius 1 is 0.354 bits per heavy atom. The van der Waals surface area contributed by atoms with Gasteiger partial charge in [0, 0.05) is 6.42 Å². The number of thiol groups is 1. The fourth-order valence-corrected chi connectivity index (χ4v) is 9.09. The molecule has 22 aliphatic rings. The first-order valence-corrected chi connectivity index (χ1v) is 21.4. The molecule has 65 heavy (non-hydrogen) atoms. The smallest absolute Gasteiger partial charge is 0.187 e. The van der Waals surface area contributed by atoms with E-state index in [0.717, 1.165) is 0 Å².